The molecule has 0 aromatic rings. The van der Waals surface area contributed by atoms with Gasteiger partial charge in [-0.15, -0.1) is 35.0 Å². The maximum absolute atomic E-state index is 12.8. The third-order valence-electron chi connectivity index (χ3n) is 3.78. The zero-order valence-corrected chi connectivity index (χ0v) is 14.9. The minimum Gasteiger partial charge on any atom is -0.171 e. The summed E-state index contributed by atoms with van der Waals surface area (Å²) in [6.45, 7) is 0. The first-order valence-corrected chi connectivity index (χ1v) is 8.84. The Labute approximate surface area is 155 Å². The van der Waals surface area contributed by atoms with Crippen LogP contribution in [0.1, 0.15) is 12.8 Å². The van der Waals surface area contributed by atoms with Crippen LogP contribution in [0.3, 0.4) is 0 Å². The van der Waals surface area contributed by atoms with Gasteiger partial charge in [0.25, 0.3) is 0 Å². The van der Waals surface area contributed by atoms with E-state index in [9.17, 15) is 26.3 Å². The van der Waals surface area contributed by atoms with Crippen molar-refractivity contribution in [1.82, 2.24) is 0 Å². The molecule has 0 amide bonds. The summed E-state index contributed by atoms with van der Waals surface area (Å²) in [5, 5.41) is 0. The van der Waals surface area contributed by atoms with E-state index in [2.05, 4.69) is 0 Å². The van der Waals surface area contributed by atoms with Crippen molar-refractivity contribution < 1.29 is 26.3 Å². The zero-order chi connectivity index (χ0) is 18.9. The van der Waals surface area contributed by atoms with Gasteiger partial charge in [0.2, 0.25) is 0 Å². The summed E-state index contributed by atoms with van der Waals surface area (Å²) in [6, 6.07) is 0. The molecule has 0 aliphatic heterocycles. The van der Waals surface area contributed by atoms with Gasteiger partial charge < -0.3 is 0 Å². The smallest absolute Gasteiger partial charge is 0.171 e. The predicted octanol–water partition coefficient (Wildman–Crippen LogP) is 6.98. The normalized spacial score (nSPS) is 35.4. The minimum atomic E-state index is -4.46. The number of rotatable bonds is 4. The van der Waals surface area contributed by atoms with Crippen LogP contribution < -0.4 is 0 Å². The second-order valence-electron chi connectivity index (χ2n) is 5.84. The van der Waals surface area contributed by atoms with Gasteiger partial charge in [0, 0.05) is 11.8 Å². The summed E-state index contributed by atoms with van der Waals surface area (Å²) < 4.78 is 73.7. The first-order chi connectivity index (χ1) is 11.3. The van der Waals surface area contributed by atoms with E-state index in [1.165, 1.54) is 48.6 Å². The van der Waals surface area contributed by atoms with Crippen LogP contribution in [0.15, 0.2) is 48.6 Å². The number of halogens is 8. The highest BCUT2D eigenvalue weighted by molar-refractivity contribution is 8.04. The van der Waals surface area contributed by atoms with E-state index in [-0.39, 0.29) is 0 Å². The Hall–Kier alpha value is -0.530. The van der Waals surface area contributed by atoms with Crippen molar-refractivity contribution in [2.24, 2.45) is 11.8 Å². The molecular formula is C16H14Cl2F6S. The van der Waals surface area contributed by atoms with Gasteiger partial charge >= 0.3 is 12.4 Å². The van der Waals surface area contributed by atoms with Crippen LogP contribution in [0, 0.1) is 11.8 Å². The molecule has 2 rings (SSSR count). The lowest BCUT2D eigenvalue weighted by Gasteiger charge is -2.41. The Balaban J connectivity index is 2.26. The second kappa shape index (κ2) is 7.24. The van der Waals surface area contributed by atoms with E-state index in [0.717, 1.165) is 0 Å². The van der Waals surface area contributed by atoms with Crippen molar-refractivity contribution in [1.29, 1.82) is 0 Å². The maximum atomic E-state index is 12.8. The quantitative estimate of drug-likeness (QED) is 0.347. The van der Waals surface area contributed by atoms with Crippen molar-refractivity contribution in [3.8, 4) is 0 Å². The summed E-state index contributed by atoms with van der Waals surface area (Å²) in [4.78, 5) is 0. The largest absolute Gasteiger partial charge is 0.389 e. The van der Waals surface area contributed by atoms with Crippen molar-refractivity contribution >= 4 is 35.0 Å². The standard InChI is InChI=1S/C16H14Cl2F6S/c17-13(7-3-1-5-11(13)9-15(19,20)21)25-14(18)8-4-2-6-12(14)10-16(22,23)24/h1-8,11-12H,9-10H2. The molecule has 0 aromatic heterocycles. The van der Waals surface area contributed by atoms with Gasteiger partial charge in [-0.25, -0.2) is 0 Å². The monoisotopic (exact) mass is 422 g/mol. The molecule has 9 heteroatoms. The first-order valence-electron chi connectivity index (χ1n) is 7.27. The van der Waals surface area contributed by atoms with Gasteiger partial charge in [0.15, 0.2) is 0 Å². The molecule has 0 saturated heterocycles. The van der Waals surface area contributed by atoms with Crippen LogP contribution in [0.25, 0.3) is 0 Å². The lowest BCUT2D eigenvalue weighted by molar-refractivity contribution is -0.141. The number of allylic oxidation sites excluding steroid dienone is 6. The Bertz CT molecular complexity index is 555. The third-order valence-corrected chi connectivity index (χ3v) is 6.56. The molecule has 0 aromatic carbocycles. The topological polar surface area (TPSA) is 0 Å². The number of thioether (sulfide) groups is 1. The fourth-order valence-corrected chi connectivity index (χ4v) is 5.38. The second-order valence-corrected chi connectivity index (χ2v) is 9.09. The fourth-order valence-electron chi connectivity index (χ4n) is 2.65. The highest BCUT2D eigenvalue weighted by Gasteiger charge is 2.50. The Kier molecular flexibility index (Phi) is 6.01. The SMILES string of the molecule is FC(F)(F)CC1C=CC=CC1(Cl)SC1(Cl)C=CC=CC1CC(F)(F)F. The van der Waals surface area contributed by atoms with Gasteiger partial charge in [-0.05, 0) is 0 Å². The minimum absolute atomic E-state index is 0.698. The predicted molar refractivity (Wildman–Crippen MR) is 89.6 cm³/mol. The molecule has 0 spiro atoms. The van der Waals surface area contributed by atoms with Gasteiger partial charge in [0.1, 0.15) is 8.41 Å². The van der Waals surface area contributed by atoms with E-state index >= 15 is 0 Å². The average molecular weight is 423 g/mol. The zero-order valence-electron chi connectivity index (χ0n) is 12.6. The van der Waals surface area contributed by atoms with Crippen LogP contribution in [-0.4, -0.2) is 20.8 Å². The Morgan fingerprint density at radius 1 is 0.720 bits per heavy atom. The summed E-state index contributed by atoms with van der Waals surface area (Å²) >= 11 is 13.5. The van der Waals surface area contributed by atoms with Gasteiger partial charge in [-0.2, -0.15) is 26.3 Å². The lowest BCUT2D eigenvalue weighted by atomic mass is 9.95. The molecule has 2 aliphatic rings. The summed E-state index contributed by atoms with van der Waals surface area (Å²) in [6.07, 6.45) is -0.228. The lowest BCUT2D eigenvalue weighted by Crippen LogP contribution is -2.39. The molecular weight excluding hydrogens is 409 g/mol. The van der Waals surface area contributed by atoms with Crippen molar-refractivity contribution in [3.05, 3.63) is 48.6 Å². The molecule has 0 N–H and O–H groups in total. The molecule has 0 nitrogen and oxygen atoms in total. The van der Waals surface area contributed by atoms with Crippen LogP contribution >= 0.6 is 35.0 Å². The molecule has 25 heavy (non-hydrogen) atoms. The summed E-state index contributed by atoms with van der Waals surface area (Å²) in [5.41, 5.74) is 0. The van der Waals surface area contributed by atoms with E-state index in [1.54, 1.807) is 0 Å². The van der Waals surface area contributed by atoms with E-state index in [0.29, 0.717) is 11.8 Å². The highest BCUT2D eigenvalue weighted by atomic mass is 35.5. The molecule has 4 atom stereocenters. The summed E-state index contributed by atoms with van der Waals surface area (Å²) in [7, 11) is 0. The van der Waals surface area contributed by atoms with E-state index in [1.807, 2.05) is 0 Å². The Morgan fingerprint density at radius 3 is 1.40 bits per heavy atom. The van der Waals surface area contributed by atoms with Gasteiger partial charge in [0.05, 0.1) is 12.8 Å². The number of hydrogen-bond acceptors (Lipinski definition) is 1. The van der Waals surface area contributed by atoms with Crippen LogP contribution in [-0.2, 0) is 0 Å². The van der Waals surface area contributed by atoms with Crippen LogP contribution in [0.2, 0.25) is 0 Å². The molecule has 140 valence electrons. The number of alkyl halides is 8. The van der Waals surface area contributed by atoms with Crippen molar-refractivity contribution in [3.63, 3.8) is 0 Å². The highest BCUT2D eigenvalue weighted by Crippen LogP contribution is 2.57. The van der Waals surface area contributed by atoms with Crippen LogP contribution in [0.5, 0.6) is 0 Å². The van der Waals surface area contributed by atoms with E-state index < -0.39 is 45.4 Å². The van der Waals surface area contributed by atoms with E-state index in [4.69, 9.17) is 23.2 Å². The average Bonchev–Trinajstić information content (AvgIpc) is 2.41. The fraction of sp³-hybridized carbons (Fsp3) is 0.500. The Morgan fingerprint density at radius 2 is 1.08 bits per heavy atom. The van der Waals surface area contributed by atoms with Gasteiger partial charge in [-0.3, -0.25) is 0 Å². The van der Waals surface area contributed by atoms with Crippen molar-refractivity contribution in [2.75, 3.05) is 0 Å². The molecule has 0 bridgehead atoms. The molecule has 0 saturated carbocycles. The summed E-state index contributed by atoms with van der Waals surface area (Å²) in [5.74, 6) is -2.30. The molecule has 0 heterocycles. The number of hydrogen-bond donors (Lipinski definition) is 0. The van der Waals surface area contributed by atoms with Gasteiger partial charge in [-0.1, -0.05) is 48.6 Å². The first kappa shape index (κ1) is 20.8. The third kappa shape index (κ3) is 5.73. The van der Waals surface area contributed by atoms with Crippen LogP contribution in [0.4, 0.5) is 26.3 Å². The molecule has 0 fully saturated rings. The molecule has 4 unspecified atom stereocenters. The molecule has 2 aliphatic carbocycles. The van der Waals surface area contributed by atoms with Crippen molar-refractivity contribution in [2.45, 2.75) is 33.6 Å². The maximum Gasteiger partial charge on any atom is 0.389 e. The molecule has 0 radical (unpaired) electrons.